The number of rotatable bonds is 7. The zero-order valence-electron chi connectivity index (χ0n) is 17.9. The van der Waals surface area contributed by atoms with Gasteiger partial charge in [-0.15, -0.1) is 0 Å². The Labute approximate surface area is 176 Å². The molecule has 7 heteroatoms. The van der Waals surface area contributed by atoms with Crippen LogP contribution in [0.15, 0.2) is 46.6 Å². The van der Waals surface area contributed by atoms with Gasteiger partial charge in [0.05, 0.1) is 25.2 Å². The van der Waals surface area contributed by atoms with Gasteiger partial charge in [-0.1, -0.05) is 25.5 Å². The first-order valence-electron chi connectivity index (χ1n) is 10.2. The molecule has 0 aliphatic carbocycles. The smallest absolute Gasteiger partial charge is 0.340 e. The molecule has 1 aromatic carbocycles. The Morgan fingerprint density at radius 1 is 1.20 bits per heavy atom. The van der Waals surface area contributed by atoms with Gasteiger partial charge in [0, 0.05) is 18.3 Å². The van der Waals surface area contributed by atoms with Crippen LogP contribution in [0.1, 0.15) is 49.9 Å². The fourth-order valence-electron chi connectivity index (χ4n) is 3.89. The maximum Gasteiger partial charge on any atom is 0.340 e. The molecule has 2 N–H and O–H groups in total. The molecule has 1 aromatic heterocycles. The van der Waals surface area contributed by atoms with Crippen molar-refractivity contribution >= 4 is 5.97 Å². The molecule has 1 unspecified atom stereocenters. The Hall–Kier alpha value is -3.22. The highest BCUT2D eigenvalue weighted by Crippen LogP contribution is 2.41. The van der Waals surface area contributed by atoms with Crippen LogP contribution in [0.4, 0.5) is 0 Å². The number of pyridine rings is 1. The molecule has 1 aliphatic heterocycles. The molecule has 160 valence electrons. The SMILES string of the molecule is CCCc1cc2c(c(=O)n1CC)C(c1ccc(OCC)cc1)C(C(=O)OC)=C(N)O2. The predicted molar refractivity (Wildman–Crippen MR) is 114 cm³/mol. The second-order valence-electron chi connectivity index (χ2n) is 7.02. The molecule has 0 spiro atoms. The molecule has 1 atom stereocenters. The van der Waals surface area contributed by atoms with Crippen LogP contribution >= 0.6 is 0 Å². The van der Waals surface area contributed by atoms with E-state index < -0.39 is 11.9 Å². The molecular weight excluding hydrogens is 384 g/mol. The van der Waals surface area contributed by atoms with Crippen molar-refractivity contribution in [1.82, 2.24) is 4.57 Å². The van der Waals surface area contributed by atoms with Crippen LogP contribution < -0.4 is 20.8 Å². The lowest BCUT2D eigenvalue weighted by atomic mass is 9.83. The van der Waals surface area contributed by atoms with Crippen molar-refractivity contribution in [3.05, 3.63) is 69.0 Å². The summed E-state index contributed by atoms with van der Waals surface area (Å²) in [4.78, 5) is 26.1. The average molecular weight is 412 g/mol. The Balaban J connectivity index is 2.26. The van der Waals surface area contributed by atoms with Crippen molar-refractivity contribution in [1.29, 1.82) is 0 Å². The number of nitrogens with two attached hydrogens (primary N) is 1. The molecule has 0 saturated heterocycles. The number of carbonyl (C=O) groups is 1. The summed E-state index contributed by atoms with van der Waals surface area (Å²) in [6.07, 6.45) is 1.63. The van der Waals surface area contributed by atoms with E-state index in [2.05, 4.69) is 6.92 Å². The minimum absolute atomic E-state index is 0.0515. The second-order valence-corrected chi connectivity index (χ2v) is 7.02. The van der Waals surface area contributed by atoms with Crippen LogP contribution in [0.2, 0.25) is 0 Å². The Kier molecular flexibility index (Phi) is 6.50. The lowest BCUT2D eigenvalue weighted by Crippen LogP contribution is -2.35. The van der Waals surface area contributed by atoms with E-state index in [1.54, 1.807) is 4.57 Å². The summed E-state index contributed by atoms with van der Waals surface area (Å²) >= 11 is 0. The van der Waals surface area contributed by atoms with Crippen LogP contribution in [0.5, 0.6) is 11.5 Å². The first kappa shape index (κ1) is 21.5. The molecule has 30 heavy (non-hydrogen) atoms. The summed E-state index contributed by atoms with van der Waals surface area (Å²) in [6, 6.07) is 9.13. The van der Waals surface area contributed by atoms with E-state index in [1.807, 2.05) is 44.2 Å². The maximum absolute atomic E-state index is 13.5. The van der Waals surface area contributed by atoms with Gasteiger partial charge in [0.25, 0.3) is 5.56 Å². The standard InChI is InChI=1S/C23H28N2O5/c1-5-8-15-13-17-19(22(26)25(15)6-2)18(20(21(24)30-17)23(27)28-4)14-9-11-16(12-10-14)29-7-3/h9-13,18H,5-8,24H2,1-4H3. The zero-order chi connectivity index (χ0) is 21.8. The highest BCUT2D eigenvalue weighted by molar-refractivity contribution is 5.92. The average Bonchev–Trinajstić information content (AvgIpc) is 2.73. The van der Waals surface area contributed by atoms with Gasteiger partial charge in [0.15, 0.2) is 0 Å². The molecule has 2 heterocycles. The number of carbonyl (C=O) groups excluding carboxylic acids is 1. The van der Waals surface area contributed by atoms with Crippen molar-refractivity contribution in [2.45, 2.75) is 46.1 Å². The molecule has 0 bridgehead atoms. The topological polar surface area (TPSA) is 92.8 Å². The molecule has 0 fully saturated rings. The van der Waals surface area contributed by atoms with Crippen molar-refractivity contribution in [2.75, 3.05) is 13.7 Å². The van der Waals surface area contributed by atoms with Gasteiger partial charge in [-0.3, -0.25) is 4.79 Å². The van der Waals surface area contributed by atoms with Crippen LogP contribution in [-0.2, 0) is 22.5 Å². The summed E-state index contributed by atoms with van der Waals surface area (Å²) in [5.41, 5.74) is 8.07. The van der Waals surface area contributed by atoms with Gasteiger partial charge in [0.1, 0.15) is 17.1 Å². The fourth-order valence-corrected chi connectivity index (χ4v) is 3.89. The third-order valence-electron chi connectivity index (χ3n) is 5.20. The van der Waals surface area contributed by atoms with Gasteiger partial charge in [-0.2, -0.15) is 0 Å². The van der Waals surface area contributed by atoms with Gasteiger partial charge in [-0.05, 0) is 38.0 Å². The number of methoxy groups -OCH3 is 1. The third kappa shape index (κ3) is 3.79. The summed E-state index contributed by atoms with van der Waals surface area (Å²) in [5.74, 6) is -0.286. The van der Waals surface area contributed by atoms with Crippen LogP contribution in [0, 0.1) is 0 Å². The zero-order valence-corrected chi connectivity index (χ0v) is 17.9. The second kappa shape index (κ2) is 9.07. The number of hydrogen-bond acceptors (Lipinski definition) is 6. The number of benzene rings is 1. The van der Waals surface area contributed by atoms with E-state index in [0.29, 0.717) is 30.2 Å². The van der Waals surface area contributed by atoms with Gasteiger partial charge >= 0.3 is 5.97 Å². The third-order valence-corrected chi connectivity index (χ3v) is 5.20. The van der Waals surface area contributed by atoms with Gasteiger partial charge < -0.3 is 24.5 Å². The Morgan fingerprint density at radius 2 is 1.90 bits per heavy atom. The minimum atomic E-state index is -0.696. The number of esters is 1. The summed E-state index contributed by atoms with van der Waals surface area (Å²) < 4.78 is 18.0. The van der Waals surface area contributed by atoms with E-state index in [1.165, 1.54) is 7.11 Å². The van der Waals surface area contributed by atoms with Crippen LogP contribution in [-0.4, -0.2) is 24.3 Å². The lowest BCUT2D eigenvalue weighted by molar-refractivity contribution is -0.136. The van der Waals surface area contributed by atoms with E-state index in [-0.39, 0.29) is 17.0 Å². The predicted octanol–water partition coefficient (Wildman–Crippen LogP) is 3.09. The molecule has 0 amide bonds. The first-order chi connectivity index (χ1) is 14.5. The van der Waals surface area contributed by atoms with E-state index >= 15 is 0 Å². The molecule has 0 saturated carbocycles. The van der Waals surface area contributed by atoms with E-state index in [0.717, 1.165) is 24.1 Å². The summed E-state index contributed by atoms with van der Waals surface area (Å²) in [7, 11) is 1.28. The van der Waals surface area contributed by atoms with Crippen molar-refractivity contribution in [2.24, 2.45) is 5.73 Å². The van der Waals surface area contributed by atoms with E-state index in [4.69, 9.17) is 19.9 Å². The molecule has 2 aromatic rings. The Morgan fingerprint density at radius 3 is 2.47 bits per heavy atom. The van der Waals surface area contributed by atoms with Crippen molar-refractivity contribution in [3.8, 4) is 11.5 Å². The monoisotopic (exact) mass is 412 g/mol. The number of fused-ring (bicyclic) bond motifs is 1. The molecule has 0 radical (unpaired) electrons. The van der Waals surface area contributed by atoms with Crippen LogP contribution in [0.3, 0.4) is 0 Å². The largest absolute Gasteiger partial charge is 0.494 e. The summed E-state index contributed by atoms with van der Waals surface area (Å²) in [6.45, 7) is 6.94. The number of aryl methyl sites for hydroxylation is 1. The highest BCUT2D eigenvalue weighted by atomic mass is 16.5. The number of hydrogen-bond donors (Lipinski definition) is 1. The number of aromatic nitrogens is 1. The van der Waals surface area contributed by atoms with E-state index in [9.17, 15) is 9.59 Å². The highest BCUT2D eigenvalue weighted by Gasteiger charge is 2.38. The lowest BCUT2D eigenvalue weighted by Gasteiger charge is -2.29. The van der Waals surface area contributed by atoms with Gasteiger partial charge in [0.2, 0.25) is 5.88 Å². The maximum atomic E-state index is 13.5. The quantitative estimate of drug-likeness (QED) is 0.703. The number of nitrogens with zero attached hydrogens (tertiary/aromatic N) is 1. The Bertz CT molecular complexity index is 1020. The first-order valence-corrected chi connectivity index (χ1v) is 10.2. The summed E-state index contributed by atoms with van der Waals surface area (Å²) in [5, 5.41) is 0. The number of ether oxygens (including phenoxy) is 3. The van der Waals surface area contributed by atoms with Crippen molar-refractivity contribution < 1.29 is 19.0 Å². The fraction of sp³-hybridized carbons (Fsp3) is 0.391. The van der Waals surface area contributed by atoms with Crippen LogP contribution in [0.25, 0.3) is 0 Å². The normalized spacial score (nSPS) is 15.4. The van der Waals surface area contributed by atoms with Gasteiger partial charge in [-0.25, -0.2) is 4.79 Å². The molecule has 1 aliphatic rings. The minimum Gasteiger partial charge on any atom is -0.494 e. The van der Waals surface area contributed by atoms with Crippen molar-refractivity contribution in [3.63, 3.8) is 0 Å². The molecular formula is C23H28N2O5. The molecule has 3 rings (SSSR count). The molecule has 7 nitrogen and oxygen atoms in total.